The van der Waals surface area contributed by atoms with Crippen molar-refractivity contribution >= 4 is 0 Å². The second-order valence-corrected chi connectivity index (χ2v) is 0. The Kier molecular flexibility index (Phi) is 2150. The molecule has 0 heterocycles. The molecule has 0 bridgehead atoms. The predicted molar refractivity (Wildman–Crippen MR) is 0 cm³/mol. The Balaban J connectivity index is 0. The fourth-order valence-electron chi connectivity index (χ4n) is 0. The zero-order valence-electron chi connectivity index (χ0n) is 23.1. The van der Waals surface area contributed by atoms with Gasteiger partial charge < -0.3 is 0 Å². The number of hydrogen-bond acceptors (Lipinski definition) is 0. The van der Waals surface area contributed by atoms with Gasteiger partial charge in [0.2, 0.25) is 0 Å². The van der Waals surface area contributed by atoms with Crippen LogP contribution in [0.3, 0.4) is 0 Å². The van der Waals surface area contributed by atoms with Gasteiger partial charge in [-0.2, -0.15) is 0 Å². The molecule has 40 radical (unpaired) electrons. The molecular formula is Y40. The van der Waals surface area contributed by atoms with Crippen LogP contribution in [0.15, 0.2) is 0 Å². The molecule has 40 heavy (non-hydrogen) atoms. The van der Waals surface area contributed by atoms with E-state index in [0.29, 0.717) is 0 Å². The van der Waals surface area contributed by atoms with Gasteiger partial charge in [0, 0.05) is 1310 Å². The topological polar surface area (TPSA) is 0 Å². The van der Waals surface area contributed by atoms with Crippen LogP contribution >= 0.6 is 0 Å². The monoisotopic (exact) mass is 3560 g/mol. The molecule has 120 valence electrons. The maximum Gasteiger partial charge on any atom is 0 e. The van der Waals surface area contributed by atoms with Gasteiger partial charge in [-0.3, -0.25) is 0 Å². The molecule has 0 N–H and O–H groups in total. The van der Waals surface area contributed by atoms with Crippen molar-refractivity contribution in [1.29, 1.82) is 0 Å². The van der Waals surface area contributed by atoms with E-state index in [1.165, 1.54) is 0 Å². The molecule has 0 fully saturated rings. The average molecular weight is 3560 g/mol. The molecule has 0 nitrogen and oxygen atoms in total. The van der Waals surface area contributed by atoms with Gasteiger partial charge in [0.15, 0.2) is 0 Å². The molecule has 0 aromatic rings. The third kappa shape index (κ3) is 278. The van der Waals surface area contributed by atoms with Crippen LogP contribution in [0.25, 0.3) is 0 Å². The van der Waals surface area contributed by atoms with Crippen LogP contribution < -0.4 is 0 Å². The standard InChI is InChI=1S/40Y. The normalized spacial score (nSPS) is 0. The van der Waals surface area contributed by atoms with Crippen molar-refractivity contribution in [2.75, 3.05) is 0 Å². The van der Waals surface area contributed by atoms with Gasteiger partial charge >= 0.3 is 0 Å². The number of rotatable bonds is 0. The third-order valence-corrected chi connectivity index (χ3v) is 0. The maximum absolute atomic E-state index is 0. The van der Waals surface area contributed by atoms with Crippen molar-refractivity contribution in [2.24, 2.45) is 0 Å². The van der Waals surface area contributed by atoms with Crippen LogP contribution in [0.5, 0.6) is 0 Å². The first-order chi connectivity index (χ1) is 0. The Morgan fingerprint density at radius 1 is 0.0250 bits per heavy atom. The second-order valence-electron chi connectivity index (χ2n) is 0. The van der Waals surface area contributed by atoms with Crippen molar-refractivity contribution in [2.45, 2.75) is 0 Å². The first-order valence-corrected chi connectivity index (χ1v) is 0. The van der Waals surface area contributed by atoms with E-state index in [9.17, 15) is 0 Å². The van der Waals surface area contributed by atoms with E-state index < -0.39 is 0 Å². The minimum atomic E-state index is 0. The van der Waals surface area contributed by atoms with Crippen molar-refractivity contribution in [3.8, 4) is 0 Å². The Bertz CT molecular complexity index is 0. The smallest absolute Gasteiger partial charge is 0 e. The van der Waals surface area contributed by atoms with E-state index in [1.807, 2.05) is 0 Å². The van der Waals surface area contributed by atoms with E-state index in [4.69, 9.17) is 0 Å². The van der Waals surface area contributed by atoms with Gasteiger partial charge in [0.1, 0.15) is 0 Å². The summed E-state index contributed by atoms with van der Waals surface area (Å²) in [5.74, 6) is 0. The molecule has 40 heteroatoms. The van der Waals surface area contributed by atoms with E-state index in [0.717, 1.165) is 0 Å². The quantitative estimate of drug-likeness (QED) is 0.319. The summed E-state index contributed by atoms with van der Waals surface area (Å²) in [4.78, 5) is 0. The minimum absolute atomic E-state index is 0. The summed E-state index contributed by atoms with van der Waals surface area (Å²) in [7, 11) is 0. The van der Waals surface area contributed by atoms with Crippen LogP contribution in [-0.2, 0) is 1310 Å². The van der Waals surface area contributed by atoms with Gasteiger partial charge in [0.05, 0.1) is 0 Å². The molecule has 0 amide bonds. The zero-order chi connectivity index (χ0) is 0. The molecular weight excluding hydrogens is 3560 g/mol. The molecule has 0 saturated heterocycles. The molecule has 0 rings (SSSR count). The van der Waals surface area contributed by atoms with Gasteiger partial charge in [-0.25, -0.2) is 0 Å². The SMILES string of the molecule is [Y].[Y].[Y].[Y].[Y].[Y].[Y].[Y].[Y].[Y].[Y].[Y].[Y].[Y].[Y].[Y].[Y].[Y].[Y].[Y].[Y].[Y].[Y].[Y].[Y].[Y].[Y].[Y].[Y].[Y].[Y].[Y].[Y].[Y].[Y].[Y].[Y].[Y].[Y].[Y]. The summed E-state index contributed by atoms with van der Waals surface area (Å²) in [5, 5.41) is 0. The summed E-state index contributed by atoms with van der Waals surface area (Å²) in [6.07, 6.45) is 0. The Labute approximate surface area is 1260 Å². The molecule has 0 aliphatic carbocycles. The molecule has 0 spiro atoms. The van der Waals surface area contributed by atoms with E-state index in [-0.39, 0.29) is 1310 Å². The second kappa shape index (κ2) is 288. The molecule has 0 aliphatic rings. The van der Waals surface area contributed by atoms with Crippen molar-refractivity contribution in [1.82, 2.24) is 0 Å². The van der Waals surface area contributed by atoms with Crippen molar-refractivity contribution < 1.29 is 1310 Å². The molecule has 0 aromatic heterocycles. The summed E-state index contributed by atoms with van der Waals surface area (Å²) < 4.78 is 0. The van der Waals surface area contributed by atoms with E-state index in [1.54, 1.807) is 0 Å². The Morgan fingerprint density at radius 3 is 0.0250 bits per heavy atom. The van der Waals surface area contributed by atoms with E-state index in [2.05, 4.69) is 0 Å². The van der Waals surface area contributed by atoms with Crippen molar-refractivity contribution in [3.05, 3.63) is 0 Å². The zero-order valence-corrected chi connectivity index (χ0v) is 137. The van der Waals surface area contributed by atoms with Crippen LogP contribution in [0, 0.1) is 0 Å². The van der Waals surface area contributed by atoms with Gasteiger partial charge in [0.25, 0.3) is 0 Å². The molecule has 0 atom stereocenters. The van der Waals surface area contributed by atoms with E-state index >= 15 is 0 Å². The Hall–Kier alpha value is 44.2. The van der Waals surface area contributed by atoms with Gasteiger partial charge in [-0.15, -0.1) is 0 Å². The third-order valence-electron chi connectivity index (χ3n) is 0. The summed E-state index contributed by atoms with van der Waals surface area (Å²) in [6, 6.07) is 0. The summed E-state index contributed by atoms with van der Waals surface area (Å²) >= 11 is 0. The van der Waals surface area contributed by atoms with Crippen LogP contribution in [-0.4, -0.2) is 0 Å². The first kappa shape index (κ1) is 298. The molecule has 0 saturated carbocycles. The maximum atomic E-state index is 0. The number of hydrogen-bond donors (Lipinski definition) is 0. The largest absolute Gasteiger partial charge is 0 e. The molecule has 0 unspecified atom stereocenters. The fraction of sp³-hybridized carbons (Fsp3) is 0. The predicted octanol–water partition coefficient (Wildman–Crippen LogP) is -0.100. The first-order valence-electron chi connectivity index (χ1n) is 0. The minimum Gasteiger partial charge on any atom is 0 e. The summed E-state index contributed by atoms with van der Waals surface area (Å²) in [6.45, 7) is 0. The van der Waals surface area contributed by atoms with Crippen LogP contribution in [0.2, 0.25) is 0 Å². The van der Waals surface area contributed by atoms with Gasteiger partial charge in [-0.1, -0.05) is 0 Å². The Morgan fingerprint density at radius 2 is 0.0250 bits per heavy atom. The van der Waals surface area contributed by atoms with Crippen molar-refractivity contribution in [3.63, 3.8) is 0 Å². The fourth-order valence-corrected chi connectivity index (χ4v) is 0. The van der Waals surface area contributed by atoms with Crippen LogP contribution in [0.1, 0.15) is 0 Å². The summed E-state index contributed by atoms with van der Waals surface area (Å²) in [5.41, 5.74) is 0. The average Bonchev–Trinajstić information content (AvgIpc) is 0. The van der Waals surface area contributed by atoms with Gasteiger partial charge in [-0.05, 0) is 0 Å². The van der Waals surface area contributed by atoms with Crippen LogP contribution in [0.4, 0.5) is 0 Å². The molecule has 0 aliphatic heterocycles. The molecule has 0 aromatic carbocycles.